The summed E-state index contributed by atoms with van der Waals surface area (Å²) in [6.07, 6.45) is -0.154. The summed E-state index contributed by atoms with van der Waals surface area (Å²) in [7, 11) is 5.16. The molecule has 0 rings (SSSR count). The molecule has 2 unspecified atom stereocenters. The molecule has 0 aliphatic heterocycles. The van der Waals surface area contributed by atoms with Crippen LogP contribution in [-0.2, 0) is 0 Å². The molecule has 0 aromatic carbocycles. The molecule has 0 saturated carbocycles. The van der Waals surface area contributed by atoms with Crippen LogP contribution in [-0.4, -0.2) is 30.8 Å². The van der Waals surface area contributed by atoms with Crippen LogP contribution >= 0.6 is 0 Å². The van der Waals surface area contributed by atoms with Crippen LogP contribution in [0.1, 0.15) is 6.92 Å². The quantitative estimate of drug-likeness (QED) is 0.488. The molecular formula is C5H11BO2. The molecule has 0 saturated heterocycles. The van der Waals surface area contributed by atoms with Crippen LogP contribution < -0.4 is 0 Å². The number of rotatable bonds is 3. The van der Waals surface area contributed by atoms with Gasteiger partial charge in [0.15, 0.2) is 0 Å². The second-order valence-corrected chi connectivity index (χ2v) is 1.92. The minimum absolute atomic E-state index is 0.0336. The molecule has 2 radical (unpaired) electrons. The normalized spacial score (nSPS) is 17.9. The SMILES string of the molecule is [B]CC(CO)C(C)O. The highest BCUT2D eigenvalue weighted by molar-refractivity contribution is 6.08. The topological polar surface area (TPSA) is 40.5 Å². The Labute approximate surface area is 50.9 Å². The highest BCUT2D eigenvalue weighted by Crippen LogP contribution is 2.04. The van der Waals surface area contributed by atoms with Gasteiger partial charge in [-0.05, 0) is 6.92 Å². The lowest BCUT2D eigenvalue weighted by atomic mass is 9.88. The monoisotopic (exact) mass is 114 g/mol. The molecule has 2 nitrogen and oxygen atoms in total. The van der Waals surface area contributed by atoms with E-state index in [0.717, 1.165) is 0 Å². The molecular weight excluding hydrogens is 103 g/mol. The molecule has 8 heavy (non-hydrogen) atoms. The highest BCUT2D eigenvalue weighted by Gasteiger charge is 2.09. The second-order valence-electron chi connectivity index (χ2n) is 1.92. The molecule has 0 aromatic heterocycles. The first-order valence-electron chi connectivity index (χ1n) is 2.71. The predicted octanol–water partition coefficient (Wildman–Crippen LogP) is -0.438. The summed E-state index contributed by atoms with van der Waals surface area (Å²) >= 11 is 0. The summed E-state index contributed by atoms with van der Waals surface area (Å²) in [4.78, 5) is 0. The fourth-order valence-electron chi connectivity index (χ4n) is 0.424. The lowest BCUT2D eigenvalue weighted by Crippen LogP contribution is -2.19. The maximum Gasteiger partial charge on any atom is 0.0659 e. The van der Waals surface area contributed by atoms with E-state index in [1.165, 1.54) is 0 Å². The molecule has 0 aliphatic carbocycles. The molecule has 0 fully saturated rings. The Morgan fingerprint density at radius 2 is 2.12 bits per heavy atom. The third-order valence-corrected chi connectivity index (χ3v) is 1.22. The van der Waals surface area contributed by atoms with Crippen LogP contribution in [0.3, 0.4) is 0 Å². The smallest absolute Gasteiger partial charge is 0.0659 e. The lowest BCUT2D eigenvalue weighted by molar-refractivity contribution is 0.0917. The van der Waals surface area contributed by atoms with E-state index in [-0.39, 0.29) is 12.5 Å². The number of hydrogen-bond acceptors (Lipinski definition) is 2. The van der Waals surface area contributed by atoms with E-state index in [9.17, 15) is 0 Å². The highest BCUT2D eigenvalue weighted by atomic mass is 16.3. The van der Waals surface area contributed by atoms with Crippen molar-refractivity contribution in [3.05, 3.63) is 0 Å². The zero-order valence-electron chi connectivity index (χ0n) is 5.04. The van der Waals surface area contributed by atoms with Gasteiger partial charge in [-0.2, -0.15) is 0 Å². The zero-order valence-corrected chi connectivity index (χ0v) is 5.04. The number of aliphatic hydroxyl groups excluding tert-OH is 2. The van der Waals surface area contributed by atoms with Crippen molar-refractivity contribution in [1.29, 1.82) is 0 Å². The van der Waals surface area contributed by atoms with E-state index < -0.39 is 6.10 Å². The van der Waals surface area contributed by atoms with Gasteiger partial charge in [0.25, 0.3) is 0 Å². The average Bonchev–Trinajstić information content (AvgIpc) is 1.69. The van der Waals surface area contributed by atoms with E-state index in [2.05, 4.69) is 0 Å². The van der Waals surface area contributed by atoms with Crippen LogP contribution in [0.2, 0.25) is 6.32 Å². The van der Waals surface area contributed by atoms with Gasteiger partial charge in [-0.15, -0.1) is 0 Å². The van der Waals surface area contributed by atoms with Gasteiger partial charge in [-0.1, -0.05) is 6.32 Å². The summed E-state index contributed by atoms with van der Waals surface area (Å²) < 4.78 is 0. The third-order valence-electron chi connectivity index (χ3n) is 1.22. The Balaban J connectivity index is 3.35. The van der Waals surface area contributed by atoms with E-state index in [0.29, 0.717) is 6.32 Å². The lowest BCUT2D eigenvalue weighted by Gasteiger charge is -2.13. The Morgan fingerprint density at radius 1 is 1.62 bits per heavy atom. The van der Waals surface area contributed by atoms with Gasteiger partial charge in [0.1, 0.15) is 0 Å². The van der Waals surface area contributed by atoms with E-state index in [1.54, 1.807) is 6.92 Å². The van der Waals surface area contributed by atoms with Gasteiger partial charge >= 0.3 is 0 Å². The maximum atomic E-state index is 8.77. The summed E-state index contributed by atoms with van der Waals surface area (Å²) in [5.74, 6) is -0.157. The standard InChI is InChI=1S/C5H11BO2/c1-4(8)5(2-6)3-7/h4-5,7-8H,2-3H2,1H3. The first-order chi connectivity index (χ1) is 3.72. The largest absolute Gasteiger partial charge is 0.396 e. The van der Waals surface area contributed by atoms with Crippen LogP contribution in [0.15, 0.2) is 0 Å². The number of hydrogen-bond donors (Lipinski definition) is 2. The molecule has 0 bridgehead atoms. The van der Waals surface area contributed by atoms with E-state index in [1.807, 2.05) is 0 Å². The van der Waals surface area contributed by atoms with Crippen molar-refractivity contribution >= 4 is 7.85 Å². The van der Waals surface area contributed by atoms with Gasteiger partial charge in [-0.25, -0.2) is 0 Å². The van der Waals surface area contributed by atoms with E-state index in [4.69, 9.17) is 18.1 Å². The fourth-order valence-corrected chi connectivity index (χ4v) is 0.424. The van der Waals surface area contributed by atoms with Crippen LogP contribution in [0, 0.1) is 5.92 Å². The summed E-state index contributed by atoms with van der Waals surface area (Å²) in [6.45, 7) is 1.59. The van der Waals surface area contributed by atoms with Crippen molar-refractivity contribution in [3.63, 3.8) is 0 Å². The zero-order chi connectivity index (χ0) is 6.57. The Morgan fingerprint density at radius 3 is 2.12 bits per heavy atom. The molecule has 0 aromatic rings. The number of aliphatic hydroxyl groups is 2. The van der Waals surface area contributed by atoms with Crippen LogP contribution in [0.5, 0.6) is 0 Å². The van der Waals surface area contributed by atoms with Crippen molar-refractivity contribution in [3.8, 4) is 0 Å². The molecule has 2 N–H and O–H groups in total. The molecule has 0 aliphatic rings. The van der Waals surface area contributed by atoms with Gasteiger partial charge in [0, 0.05) is 12.5 Å². The van der Waals surface area contributed by atoms with Gasteiger partial charge < -0.3 is 10.2 Å². The van der Waals surface area contributed by atoms with Crippen LogP contribution in [0.25, 0.3) is 0 Å². The summed E-state index contributed by atoms with van der Waals surface area (Å²) in [5, 5.41) is 17.2. The minimum Gasteiger partial charge on any atom is -0.396 e. The Kier molecular flexibility index (Phi) is 3.92. The molecule has 0 amide bonds. The van der Waals surface area contributed by atoms with Gasteiger partial charge in [0.05, 0.1) is 14.0 Å². The van der Waals surface area contributed by atoms with Crippen molar-refractivity contribution in [1.82, 2.24) is 0 Å². The maximum absolute atomic E-state index is 8.77. The molecule has 0 spiro atoms. The van der Waals surface area contributed by atoms with Crippen molar-refractivity contribution in [2.24, 2.45) is 5.92 Å². The van der Waals surface area contributed by atoms with Gasteiger partial charge in [0.2, 0.25) is 0 Å². The first kappa shape index (κ1) is 7.98. The van der Waals surface area contributed by atoms with Gasteiger partial charge in [-0.3, -0.25) is 0 Å². The average molecular weight is 114 g/mol. The summed E-state index contributed by atoms with van der Waals surface area (Å²) in [6, 6.07) is 0. The van der Waals surface area contributed by atoms with Crippen molar-refractivity contribution < 1.29 is 10.2 Å². The molecule has 2 atom stereocenters. The van der Waals surface area contributed by atoms with Crippen molar-refractivity contribution in [2.75, 3.05) is 6.61 Å². The molecule has 0 heterocycles. The Bertz CT molecular complexity index is 52.4. The molecule has 3 heteroatoms. The second kappa shape index (κ2) is 3.92. The van der Waals surface area contributed by atoms with Crippen LogP contribution in [0.4, 0.5) is 0 Å². The summed E-state index contributed by atoms with van der Waals surface area (Å²) in [5.41, 5.74) is 0. The molecule has 46 valence electrons. The fraction of sp³-hybridized carbons (Fsp3) is 1.00. The van der Waals surface area contributed by atoms with Crippen molar-refractivity contribution in [2.45, 2.75) is 19.3 Å². The first-order valence-corrected chi connectivity index (χ1v) is 2.71. The predicted molar refractivity (Wildman–Crippen MR) is 32.8 cm³/mol. The third kappa shape index (κ3) is 2.33. The Hall–Kier alpha value is -0.0151. The van der Waals surface area contributed by atoms with E-state index >= 15 is 0 Å². The minimum atomic E-state index is -0.495.